The number of nitrogens with two attached hydrogens (primary N) is 1. The van der Waals surface area contributed by atoms with E-state index >= 15 is 0 Å². The molecule has 3 nitrogen and oxygen atoms in total. The van der Waals surface area contributed by atoms with E-state index in [2.05, 4.69) is 12.2 Å². The van der Waals surface area contributed by atoms with Crippen LogP contribution in [0.25, 0.3) is 0 Å². The molecule has 2 unspecified atom stereocenters. The van der Waals surface area contributed by atoms with Crippen LogP contribution in [0.15, 0.2) is 18.2 Å². The van der Waals surface area contributed by atoms with Crippen molar-refractivity contribution in [3.63, 3.8) is 0 Å². The Bertz CT molecular complexity index is 467. The first-order valence-electron chi connectivity index (χ1n) is 6.59. The lowest BCUT2D eigenvalue weighted by Gasteiger charge is -2.20. The summed E-state index contributed by atoms with van der Waals surface area (Å²) in [5.74, 6) is 0.989. The van der Waals surface area contributed by atoms with E-state index in [0.29, 0.717) is 21.5 Å². The van der Waals surface area contributed by atoms with Gasteiger partial charge in [0.1, 0.15) is 0 Å². The molecular weight excluding hydrogens is 280 g/mol. The third-order valence-corrected chi connectivity index (χ3v) is 4.97. The number of nitrogen functional groups attached to an aromatic ring is 1. The molecule has 3 N–H and O–H groups in total. The van der Waals surface area contributed by atoms with Crippen molar-refractivity contribution in [2.24, 2.45) is 0 Å². The molecule has 0 aliphatic heterocycles. The average Bonchev–Trinajstić information content (AvgIpc) is 2.77. The molecule has 1 aromatic rings. The minimum Gasteiger partial charge on any atom is -0.398 e. The number of halogens is 1. The fourth-order valence-electron chi connectivity index (χ4n) is 2.49. The highest BCUT2D eigenvalue weighted by molar-refractivity contribution is 7.99. The Morgan fingerprint density at radius 1 is 1.53 bits per heavy atom. The topological polar surface area (TPSA) is 55.1 Å². The minimum atomic E-state index is -0.0947. The quantitative estimate of drug-likeness (QED) is 0.838. The largest absolute Gasteiger partial charge is 0.398 e. The number of amides is 1. The van der Waals surface area contributed by atoms with Crippen LogP contribution in [0, 0.1) is 0 Å². The first-order chi connectivity index (χ1) is 9.11. The van der Waals surface area contributed by atoms with E-state index in [-0.39, 0.29) is 11.9 Å². The lowest BCUT2D eigenvalue weighted by molar-refractivity contribution is 0.0939. The van der Waals surface area contributed by atoms with Crippen LogP contribution in [0.1, 0.15) is 36.5 Å². The molecule has 0 radical (unpaired) electrons. The van der Waals surface area contributed by atoms with Crippen molar-refractivity contribution < 1.29 is 4.79 Å². The van der Waals surface area contributed by atoms with Crippen LogP contribution in [-0.4, -0.2) is 23.0 Å². The Balaban J connectivity index is 2.04. The summed E-state index contributed by atoms with van der Waals surface area (Å²) in [6.45, 7) is 2.15. The van der Waals surface area contributed by atoms with Gasteiger partial charge in [-0.3, -0.25) is 4.79 Å². The molecule has 19 heavy (non-hydrogen) atoms. The fourth-order valence-corrected chi connectivity index (χ4v) is 3.87. The smallest absolute Gasteiger partial charge is 0.253 e. The Morgan fingerprint density at radius 3 is 3.00 bits per heavy atom. The molecule has 0 bridgehead atoms. The van der Waals surface area contributed by atoms with E-state index in [1.165, 1.54) is 12.8 Å². The van der Waals surface area contributed by atoms with Crippen molar-refractivity contribution in [2.75, 3.05) is 11.5 Å². The number of hydrogen-bond donors (Lipinski definition) is 2. The zero-order chi connectivity index (χ0) is 13.8. The molecule has 1 aliphatic carbocycles. The van der Waals surface area contributed by atoms with Crippen LogP contribution in [0.2, 0.25) is 5.02 Å². The molecule has 1 aromatic carbocycles. The summed E-state index contributed by atoms with van der Waals surface area (Å²) in [7, 11) is 0. The highest BCUT2D eigenvalue weighted by Gasteiger charge is 2.28. The van der Waals surface area contributed by atoms with E-state index in [1.54, 1.807) is 18.2 Å². The van der Waals surface area contributed by atoms with E-state index in [1.807, 2.05) is 11.8 Å². The Labute approximate surface area is 123 Å². The first-order valence-corrected chi connectivity index (χ1v) is 8.02. The SMILES string of the molecule is CCSC1CCCC1NC(=O)c1ccc(Cl)cc1N. The zero-order valence-electron chi connectivity index (χ0n) is 11.0. The van der Waals surface area contributed by atoms with Gasteiger partial charge in [-0.15, -0.1) is 0 Å². The molecule has 0 heterocycles. The molecule has 0 aromatic heterocycles. The standard InChI is InChI=1S/C14H19ClN2OS/c1-2-19-13-5-3-4-12(13)17-14(18)10-7-6-9(15)8-11(10)16/h6-8,12-13H,2-5,16H2,1H3,(H,17,18). The number of nitrogens with one attached hydrogen (secondary N) is 1. The lowest BCUT2D eigenvalue weighted by atomic mass is 10.1. The molecule has 2 rings (SSSR count). The van der Waals surface area contributed by atoms with E-state index in [9.17, 15) is 4.79 Å². The van der Waals surface area contributed by atoms with Crippen LogP contribution in [-0.2, 0) is 0 Å². The Hall–Kier alpha value is -0.870. The summed E-state index contributed by atoms with van der Waals surface area (Å²) in [6, 6.07) is 5.25. The summed E-state index contributed by atoms with van der Waals surface area (Å²) < 4.78 is 0. The number of carbonyl (C=O) groups is 1. The number of benzene rings is 1. The third kappa shape index (κ3) is 3.57. The maximum Gasteiger partial charge on any atom is 0.253 e. The van der Waals surface area contributed by atoms with Crippen molar-refractivity contribution in [3.05, 3.63) is 28.8 Å². The van der Waals surface area contributed by atoms with Crippen LogP contribution in [0.5, 0.6) is 0 Å². The van der Waals surface area contributed by atoms with Crippen molar-refractivity contribution in [1.29, 1.82) is 0 Å². The average molecular weight is 299 g/mol. The predicted molar refractivity (Wildman–Crippen MR) is 82.9 cm³/mol. The highest BCUT2D eigenvalue weighted by Crippen LogP contribution is 2.30. The Kier molecular flexibility index (Phi) is 4.99. The molecule has 1 saturated carbocycles. The lowest BCUT2D eigenvalue weighted by Crippen LogP contribution is -2.39. The van der Waals surface area contributed by atoms with Gasteiger partial charge >= 0.3 is 0 Å². The van der Waals surface area contributed by atoms with Crippen molar-refractivity contribution in [2.45, 2.75) is 37.5 Å². The molecule has 104 valence electrons. The van der Waals surface area contributed by atoms with Crippen LogP contribution >= 0.6 is 23.4 Å². The van der Waals surface area contributed by atoms with Crippen molar-refractivity contribution in [3.8, 4) is 0 Å². The zero-order valence-corrected chi connectivity index (χ0v) is 12.6. The number of hydrogen-bond acceptors (Lipinski definition) is 3. The fraction of sp³-hybridized carbons (Fsp3) is 0.500. The van der Waals surface area contributed by atoms with Gasteiger partial charge in [-0.1, -0.05) is 24.9 Å². The van der Waals surface area contributed by atoms with Gasteiger partial charge in [-0.25, -0.2) is 0 Å². The number of anilines is 1. The molecular formula is C14H19ClN2OS. The van der Waals surface area contributed by atoms with Crippen LogP contribution < -0.4 is 11.1 Å². The van der Waals surface area contributed by atoms with Crippen LogP contribution in [0.4, 0.5) is 5.69 Å². The van der Waals surface area contributed by atoms with Gasteiger partial charge in [-0.2, -0.15) is 11.8 Å². The van der Waals surface area contributed by atoms with E-state index in [4.69, 9.17) is 17.3 Å². The molecule has 5 heteroatoms. The van der Waals surface area contributed by atoms with E-state index < -0.39 is 0 Å². The number of carbonyl (C=O) groups excluding carboxylic acids is 1. The second-order valence-electron chi connectivity index (χ2n) is 4.74. The predicted octanol–water partition coefficient (Wildman–Crippen LogP) is 3.33. The van der Waals surface area contributed by atoms with Gasteiger partial charge in [0.15, 0.2) is 0 Å². The van der Waals surface area contributed by atoms with Gasteiger partial charge < -0.3 is 11.1 Å². The molecule has 1 amide bonds. The van der Waals surface area contributed by atoms with Crippen molar-refractivity contribution in [1.82, 2.24) is 5.32 Å². The molecule has 0 saturated heterocycles. The van der Waals surface area contributed by atoms with Gasteiger partial charge in [0, 0.05) is 22.0 Å². The summed E-state index contributed by atoms with van der Waals surface area (Å²) in [4.78, 5) is 12.2. The molecule has 1 aliphatic rings. The normalized spacial score (nSPS) is 22.4. The monoisotopic (exact) mass is 298 g/mol. The first kappa shape index (κ1) is 14.5. The Morgan fingerprint density at radius 2 is 2.32 bits per heavy atom. The third-order valence-electron chi connectivity index (χ3n) is 3.41. The van der Waals surface area contributed by atoms with Crippen molar-refractivity contribution >= 4 is 35.0 Å². The summed E-state index contributed by atoms with van der Waals surface area (Å²) in [5.41, 5.74) is 6.78. The van der Waals surface area contributed by atoms with Gasteiger partial charge in [0.2, 0.25) is 0 Å². The molecule has 2 atom stereocenters. The highest BCUT2D eigenvalue weighted by atomic mass is 35.5. The summed E-state index contributed by atoms with van der Waals surface area (Å²) in [5, 5.41) is 4.19. The van der Waals surface area contributed by atoms with E-state index in [0.717, 1.165) is 12.2 Å². The van der Waals surface area contributed by atoms with Gasteiger partial charge in [-0.05, 0) is 36.8 Å². The summed E-state index contributed by atoms with van der Waals surface area (Å²) in [6.07, 6.45) is 3.41. The maximum absolute atomic E-state index is 12.2. The number of rotatable bonds is 4. The minimum absolute atomic E-state index is 0.0947. The second kappa shape index (κ2) is 6.53. The maximum atomic E-state index is 12.2. The van der Waals surface area contributed by atoms with Gasteiger partial charge in [0.25, 0.3) is 5.91 Å². The van der Waals surface area contributed by atoms with Gasteiger partial charge in [0.05, 0.1) is 5.56 Å². The summed E-state index contributed by atoms with van der Waals surface area (Å²) >= 11 is 7.77. The van der Waals surface area contributed by atoms with Crippen LogP contribution in [0.3, 0.4) is 0 Å². The molecule has 1 fully saturated rings. The number of thioether (sulfide) groups is 1. The second-order valence-corrected chi connectivity index (χ2v) is 6.69. The molecule has 0 spiro atoms.